The highest BCUT2D eigenvalue weighted by atomic mass is 35.5. The molecule has 0 aliphatic rings. The molecule has 1 heterocycles. The van der Waals surface area contributed by atoms with Gasteiger partial charge in [0.2, 0.25) is 0 Å². The predicted molar refractivity (Wildman–Crippen MR) is 66.4 cm³/mol. The van der Waals surface area contributed by atoms with E-state index in [1.54, 1.807) is 0 Å². The molecule has 0 unspecified atom stereocenters. The van der Waals surface area contributed by atoms with E-state index in [9.17, 15) is 0 Å². The minimum atomic E-state index is 0.555. The van der Waals surface area contributed by atoms with Crippen LogP contribution in [0.2, 0.25) is 5.15 Å². The molecular formula is C12H14ClN3. The number of rotatable bonds is 3. The lowest BCUT2D eigenvalue weighted by atomic mass is 10.2. The lowest BCUT2D eigenvalue weighted by Crippen LogP contribution is -2.10. The zero-order chi connectivity index (χ0) is 11.5. The van der Waals surface area contributed by atoms with Gasteiger partial charge in [0.1, 0.15) is 5.82 Å². The molecule has 0 amide bonds. The monoisotopic (exact) mass is 235 g/mol. The number of hydrogen-bond acceptors (Lipinski definition) is 2. The summed E-state index contributed by atoms with van der Waals surface area (Å²) in [5.41, 5.74) is 2.05. The van der Waals surface area contributed by atoms with Gasteiger partial charge in [-0.15, -0.1) is 0 Å². The van der Waals surface area contributed by atoms with E-state index in [2.05, 4.69) is 10.3 Å². The second-order valence-electron chi connectivity index (χ2n) is 3.62. The quantitative estimate of drug-likeness (QED) is 0.886. The van der Waals surface area contributed by atoms with Crippen molar-refractivity contribution in [3.05, 3.63) is 41.3 Å². The summed E-state index contributed by atoms with van der Waals surface area (Å²) in [5.74, 6) is 0.936. The Morgan fingerprint density at radius 3 is 2.62 bits per heavy atom. The second kappa shape index (κ2) is 4.68. The minimum Gasteiger partial charge on any atom is -0.329 e. The summed E-state index contributed by atoms with van der Waals surface area (Å²) in [6.07, 6.45) is 0. The van der Waals surface area contributed by atoms with E-state index in [0.717, 1.165) is 17.1 Å². The number of imidazole rings is 1. The number of benzene rings is 1. The minimum absolute atomic E-state index is 0.555. The van der Waals surface area contributed by atoms with Gasteiger partial charge in [-0.05, 0) is 7.05 Å². The highest BCUT2D eigenvalue weighted by molar-refractivity contribution is 6.32. The smallest absolute Gasteiger partial charge is 0.155 e. The van der Waals surface area contributed by atoms with Crippen LogP contribution in [-0.4, -0.2) is 16.6 Å². The van der Waals surface area contributed by atoms with Crippen molar-refractivity contribution in [1.82, 2.24) is 14.9 Å². The number of nitrogens with zero attached hydrogens (tertiary/aromatic N) is 2. The fourth-order valence-corrected chi connectivity index (χ4v) is 2.07. The third-order valence-corrected chi connectivity index (χ3v) is 2.79. The largest absolute Gasteiger partial charge is 0.329 e. The first-order valence-corrected chi connectivity index (χ1v) is 5.53. The molecule has 0 saturated heterocycles. The van der Waals surface area contributed by atoms with Gasteiger partial charge in [0.25, 0.3) is 0 Å². The van der Waals surface area contributed by atoms with Crippen LogP contribution in [0.15, 0.2) is 30.3 Å². The Morgan fingerprint density at radius 1 is 1.31 bits per heavy atom. The lowest BCUT2D eigenvalue weighted by molar-refractivity contribution is 0.712. The molecular weight excluding hydrogens is 222 g/mol. The van der Waals surface area contributed by atoms with Gasteiger partial charge in [-0.1, -0.05) is 41.9 Å². The fraction of sp³-hybridized carbons (Fsp3) is 0.250. The molecule has 1 aromatic carbocycles. The van der Waals surface area contributed by atoms with Gasteiger partial charge in [0.05, 0.1) is 12.2 Å². The van der Waals surface area contributed by atoms with Crippen LogP contribution in [0.5, 0.6) is 0 Å². The second-order valence-corrected chi connectivity index (χ2v) is 3.98. The number of hydrogen-bond donors (Lipinski definition) is 1. The Balaban J connectivity index is 2.49. The first kappa shape index (κ1) is 11.2. The SMILES string of the molecule is CNCc1nc(Cl)c(-c2ccccc2)n1C. The molecule has 0 aliphatic carbocycles. The van der Waals surface area contributed by atoms with Crippen LogP contribution in [0.25, 0.3) is 11.3 Å². The molecule has 16 heavy (non-hydrogen) atoms. The zero-order valence-corrected chi connectivity index (χ0v) is 10.1. The molecule has 0 fully saturated rings. The first-order chi connectivity index (χ1) is 7.74. The molecule has 2 rings (SSSR count). The normalized spacial score (nSPS) is 10.7. The average molecular weight is 236 g/mol. The molecule has 84 valence electrons. The van der Waals surface area contributed by atoms with Gasteiger partial charge in [-0.25, -0.2) is 4.98 Å². The van der Waals surface area contributed by atoms with Crippen LogP contribution in [0.3, 0.4) is 0 Å². The van der Waals surface area contributed by atoms with Crippen molar-refractivity contribution in [2.75, 3.05) is 7.05 Å². The van der Waals surface area contributed by atoms with Gasteiger partial charge in [0.15, 0.2) is 5.15 Å². The van der Waals surface area contributed by atoms with Crippen LogP contribution >= 0.6 is 11.6 Å². The molecule has 2 aromatic rings. The lowest BCUT2D eigenvalue weighted by Gasteiger charge is -2.05. The van der Waals surface area contributed by atoms with Crippen LogP contribution < -0.4 is 5.32 Å². The van der Waals surface area contributed by atoms with E-state index in [-0.39, 0.29) is 0 Å². The number of halogens is 1. The summed E-state index contributed by atoms with van der Waals surface area (Å²) >= 11 is 6.16. The van der Waals surface area contributed by atoms with Crippen molar-refractivity contribution in [3.8, 4) is 11.3 Å². The summed E-state index contributed by atoms with van der Waals surface area (Å²) in [6.45, 7) is 0.711. The summed E-state index contributed by atoms with van der Waals surface area (Å²) < 4.78 is 2.02. The maximum Gasteiger partial charge on any atom is 0.155 e. The van der Waals surface area contributed by atoms with Crippen LogP contribution in [0.4, 0.5) is 0 Å². The Morgan fingerprint density at radius 2 is 2.00 bits per heavy atom. The van der Waals surface area contributed by atoms with E-state index in [0.29, 0.717) is 11.7 Å². The Labute approximate surface area is 100 Å². The first-order valence-electron chi connectivity index (χ1n) is 5.15. The van der Waals surface area contributed by atoms with Gasteiger partial charge >= 0.3 is 0 Å². The maximum absolute atomic E-state index is 6.16. The Bertz CT molecular complexity index is 477. The van der Waals surface area contributed by atoms with E-state index in [1.165, 1.54) is 0 Å². The predicted octanol–water partition coefficient (Wildman–Crippen LogP) is 2.46. The molecule has 0 aliphatic heterocycles. The molecule has 0 atom stereocenters. The summed E-state index contributed by atoms with van der Waals surface area (Å²) in [7, 11) is 3.87. The maximum atomic E-state index is 6.16. The Hall–Kier alpha value is -1.32. The van der Waals surface area contributed by atoms with Crippen LogP contribution in [0, 0.1) is 0 Å². The third-order valence-electron chi connectivity index (χ3n) is 2.53. The van der Waals surface area contributed by atoms with Gasteiger partial charge in [-0.3, -0.25) is 0 Å². The summed E-state index contributed by atoms with van der Waals surface area (Å²) in [4.78, 5) is 4.34. The molecule has 1 aromatic heterocycles. The topological polar surface area (TPSA) is 29.9 Å². The highest BCUT2D eigenvalue weighted by Crippen LogP contribution is 2.27. The van der Waals surface area contributed by atoms with Crippen molar-refractivity contribution in [2.45, 2.75) is 6.54 Å². The van der Waals surface area contributed by atoms with Gasteiger partial charge in [0, 0.05) is 12.6 Å². The van der Waals surface area contributed by atoms with E-state index < -0.39 is 0 Å². The van der Waals surface area contributed by atoms with Crippen LogP contribution in [-0.2, 0) is 13.6 Å². The molecule has 0 bridgehead atoms. The molecule has 3 nitrogen and oxygen atoms in total. The molecule has 0 radical (unpaired) electrons. The molecule has 4 heteroatoms. The number of aromatic nitrogens is 2. The number of nitrogens with one attached hydrogen (secondary N) is 1. The Kier molecular flexibility index (Phi) is 3.27. The van der Waals surface area contributed by atoms with Crippen molar-refractivity contribution < 1.29 is 0 Å². The third kappa shape index (κ3) is 1.96. The standard InChI is InChI=1S/C12H14ClN3/c1-14-8-10-15-12(13)11(16(10)2)9-6-4-3-5-7-9/h3-7,14H,8H2,1-2H3. The zero-order valence-electron chi connectivity index (χ0n) is 9.37. The summed E-state index contributed by atoms with van der Waals surface area (Å²) in [5, 5.41) is 3.63. The van der Waals surface area contributed by atoms with E-state index >= 15 is 0 Å². The fourth-order valence-electron chi connectivity index (χ4n) is 1.73. The van der Waals surface area contributed by atoms with Gasteiger partial charge < -0.3 is 9.88 Å². The van der Waals surface area contributed by atoms with E-state index in [1.807, 2.05) is 49.0 Å². The van der Waals surface area contributed by atoms with Crippen molar-refractivity contribution >= 4 is 11.6 Å². The van der Waals surface area contributed by atoms with Crippen LogP contribution in [0.1, 0.15) is 5.82 Å². The molecule has 1 N–H and O–H groups in total. The van der Waals surface area contributed by atoms with Gasteiger partial charge in [-0.2, -0.15) is 0 Å². The molecule has 0 saturated carbocycles. The average Bonchev–Trinajstić information content (AvgIpc) is 2.56. The van der Waals surface area contributed by atoms with Crippen molar-refractivity contribution in [2.24, 2.45) is 7.05 Å². The highest BCUT2D eigenvalue weighted by Gasteiger charge is 2.13. The summed E-state index contributed by atoms with van der Waals surface area (Å²) in [6, 6.07) is 10.0. The van der Waals surface area contributed by atoms with Crippen molar-refractivity contribution in [3.63, 3.8) is 0 Å². The van der Waals surface area contributed by atoms with E-state index in [4.69, 9.17) is 11.6 Å². The molecule has 0 spiro atoms. The van der Waals surface area contributed by atoms with Crippen molar-refractivity contribution in [1.29, 1.82) is 0 Å².